The summed E-state index contributed by atoms with van der Waals surface area (Å²) in [6, 6.07) is 14.6. The number of thiocarbonyl (C=S) groups is 1. The number of nitrogens with zero attached hydrogens (tertiary/aromatic N) is 2. The lowest BCUT2D eigenvalue weighted by Gasteiger charge is -2.25. The highest BCUT2D eigenvalue weighted by molar-refractivity contribution is 7.99. The van der Waals surface area contributed by atoms with Gasteiger partial charge in [0.05, 0.1) is 5.69 Å². The summed E-state index contributed by atoms with van der Waals surface area (Å²) >= 11 is 19.3. The molecule has 2 aliphatic rings. The number of anilines is 1. The first-order valence-corrected chi connectivity index (χ1v) is 9.56. The first kappa shape index (κ1) is 16.2. The van der Waals surface area contributed by atoms with Crippen LogP contribution in [-0.2, 0) is 4.79 Å². The Hall–Kier alpha value is -1.27. The highest BCUT2D eigenvalue weighted by Gasteiger charge is 2.50. The van der Waals surface area contributed by atoms with Crippen molar-refractivity contribution < 1.29 is 4.79 Å². The molecule has 2 atom stereocenters. The smallest absolute Gasteiger partial charge is 0.257 e. The van der Waals surface area contributed by atoms with Crippen LogP contribution in [0.2, 0.25) is 10.0 Å². The number of benzene rings is 2. The van der Waals surface area contributed by atoms with Gasteiger partial charge in [-0.1, -0.05) is 35.3 Å². The van der Waals surface area contributed by atoms with E-state index < -0.39 is 0 Å². The Bertz CT molecular complexity index is 810. The van der Waals surface area contributed by atoms with Gasteiger partial charge in [0, 0.05) is 15.8 Å². The summed E-state index contributed by atoms with van der Waals surface area (Å²) in [6.07, 6.45) is 0. The van der Waals surface area contributed by atoms with Gasteiger partial charge in [0.25, 0.3) is 5.91 Å². The van der Waals surface area contributed by atoms with Gasteiger partial charge in [-0.25, -0.2) is 0 Å². The van der Waals surface area contributed by atoms with Gasteiger partial charge in [-0.3, -0.25) is 9.69 Å². The minimum Gasteiger partial charge on any atom is -0.319 e. The minimum absolute atomic E-state index is 0.0197. The molecule has 24 heavy (non-hydrogen) atoms. The lowest BCUT2D eigenvalue weighted by Crippen LogP contribution is -2.33. The molecule has 3 nitrogen and oxygen atoms in total. The molecule has 0 bridgehead atoms. The Kier molecular flexibility index (Phi) is 4.21. The Morgan fingerprint density at radius 2 is 1.58 bits per heavy atom. The number of hydrogen-bond acceptors (Lipinski definition) is 3. The summed E-state index contributed by atoms with van der Waals surface area (Å²) in [5.41, 5.74) is 1.85. The molecule has 0 radical (unpaired) electrons. The first-order valence-electron chi connectivity index (χ1n) is 7.35. The second-order valence-corrected chi connectivity index (χ2v) is 7.94. The highest BCUT2D eigenvalue weighted by atomic mass is 35.5. The van der Waals surface area contributed by atoms with Gasteiger partial charge in [0.2, 0.25) is 0 Å². The minimum atomic E-state index is -0.223. The van der Waals surface area contributed by atoms with E-state index in [9.17, 15) is 4.79 Å². The molecule has 0 spiro atoms. The van der Waals surface area contributed by atoms with Gasteiger partial charge in [0.15, 0.2) is 5.11 Å². The summed E-state index contributed by atoms with van der Waals surface area (Å²) in [5.74, 6) is 0.738. The van der Waals surface area contributed by atoms with Gasteiger partial charge in [-0.2, -0.15) is 0 Å². The van der Waals surface area contributed by atoms with Crippen molar-refractivity contribution in [3.8, 4) is 0 Å². The zero-order valence-electron chi connectivity index (χ0n) is 12.4. The average molecular weight is 395 g/mol. The maximum atomic E-state index is 12.8. The third-order valence-corrected chi connectivity index (χ3v) is 6.38. The zero-order chi connectivity index (χ0) is 16.8. The topological polar surface area (TPSA) is 23.6 Å². The fourth-order valence-electron chi connectivity index (χ4n) is 3.00. The number of hydrogen-bond donors (Lipinski definition) is 0. The van der Waals surface area contributed by atoms with Crippen LogP contribution in [0.3, 0.4) is 0 Å². The normalized spacial score (nSPS) is 23.1. The molecule has 2 aromatic rings. The van der Waals surface area contributed by atoms with Crippen molar-refractivity contribution in [3.05, 3.63) is 64.1 Å². The van der Waals surface area contributed by atoms with Crippen molar-refractivity contribution in [2.45, 2.75) is 11.4 Å². The Balaban J connectivity index is 1.67. The molecule has 2 aromatic carbocycles. The summed E-state index contributed by atoms with van der Waals surface area (Å²) in [4.78, 5) is 16.5. The van der Waals surface area contributed by atoms with Crippen LogP contribution in [0.4, 0.5) is 5.69 Å². The fraction of sp³-hybridized carbons (Fsp3) is 0.176. The first-order chi connectivity index (χ1) is 11.6. The number of carbonyl (C=O) groups is 1. The number of rotatable bonds is 2. The molecule has 1 amide bonds. The van der Waals surface area contributed by atoms with E-state index in [-0.39, 0.29) is 17.3 Å². The highest BCUT2D eigenvalue weighted by Crippen LogP contribution is 2.46. The fourth-order valence-corrected chi connectivity index (χ4v) is 5.17. The van der Waals surface area contributed by atoms with Crippen LogP contribution in [0.15, 0.2) is 48.5 Å². The summed E-state index contributed by atoms with van der Waals surface area (Å²) in [7, 11) is 0. The van der Waals surface area contributed by atoms with Gasteiger partial charge in [-0.05, 0) is 54.2 Å². The van der Waals surface area contributed by atoms with E-state index in [4.69, 9.17) is 35.4 Å². The maximum absolute atomic E-state index is 12.8. The molecule has 122 valence electrons. The second kappa shape index (κ2) is 6.23. The molecule has 2 fully saturated rings. The van der Waals surface area contributed by atoms with Gasteiger partial charge < -0.3 is 4.90 Å². The van der Waals surface area contributed by atoms with Crippen LogP contribution in [0.5, 0.6) is 0 Å². The zero-order valence-corrected chi connectivity index (χ0v) is 15.5. The third-order valence-electron chi connectivity index (χ3n) is 4.16. The van der Waals surface area contributed by atoms with Gasteiger partial charge >= 0.3 is 0 Å². The molecule has 2 heterocycles. The molecule has 7 heteroatoms. The predicted octanol–water partition coefficient (Wildman–Crippen LogP) is 4.74. The van der Waals surface area contributed by atoms with E-state index in [1.807, 2.05) is 41.3 Å². The molecule has 2 aliphatic heterocycles. The SMILES string of the molecule is O=C1[C@@H]2CS[C@H](c3ccc(Cl)cc3)N2C(=S)N1c1ccc(Cl)cc1. The van der Waals surface area contributed by atoms with E-state index in [1.165, 1.54) is 0 Å². The molecule has 0 aromatic heterocycles. The maximum Gasteiger partial charge on any atom is 0.257 e. The van der Waals surface area contributed by atoms with Crippen LogP contribution in [0.1, 0.15) is 10.9 Å². The lowest BCUT2D eigenvalue weighted by atomic mass is 10.2. The second-order valence-electron chi connectivity index (χ2n) is 5.59. The molecule has 4 rings (SSSR count). The van der Waals surface area contributed by atoms with Crippen LogP contribution >= 0.6 is 47.2 Å². The van der Waals surface area contributed by atoms with Crippen molar-refractivity contribution in [3.63, 3.8) is 0 Å². The van der Waals surface area contributed by atoms with Crippen LogP contribution < -0.4 is 4.90 Å². The van der Waals surface area contributed by atoms with Gasteiger partial charge in [0.1, 0.15) is 11.4 Å². The van der Waals surface area contributed by atoms with Crippen molar-refractivity contribution in [1.29, 1.82) is 0 Å². The number of thioether (sulfide) groups is 1. The van der Waals surface area contributed by atoms with Crippen LogP contribution in [-0.4, -0.2) is 27.7 Å². The number of amides is 1. The molecular formula is C17H12Cl2N2OS2. The molecule has 0 unspecified atom stereocenters. The average Bonchev–Trinajstić information content (AvgIpc) is 3.11. The summed E-state index contributed by atoms with van der Waals surface area (Å²) < 4.78 is 0. The van der Waals surface area contributed by atoms with Crippen LogP contribution in [0.25, 0.3) is 0 Å². The monoisotopic (exact) mass is 394 g/mol. The Morgan fingerprint density at radius 1 is 1.00 bits per heavy atom. The standard InChI is InChI=1S/C17H12Cl2N2OS2/c18-11-3-1-10(2-4-11)16-21-14(9-24-16)15(22)20(17(21)23)13-7-5-12(19)6-8-13/h1-8,14,16H,9H2/t14-,16+/m0/s1. The van der Waals surface area contributed by atoms with E-state index in [0.29, 0.717) is 15.2 Å². The van der Waals surface area contributed by atoms with Gasteiger partial charge in [-0.15, -0.1) is 11.8 Å². The third kappa shape index (κ3) is 2.60. The Labute approximate surface area is 159 Å². The number of fused-ring (bicyclic) bond motifs is 1. The molecular weight excluding hydrogens is 383 g/mol. The molecule has 0 N–H and O–H groups in total. The van der Waals surface area contributed by atoms with Crippen LogP contribution in [0, 0.1) is 0 Å². The van der Waals surface area contributed by atoms with E-state index in [0.717, 1.165) is 17.0 Å². The quantitative estimate of drug-likeness (QED) is 0.686. The van der Waals surface area contributed by atoms with Crippen molar-refractivity contribution in [1.82, 2.24) is 4.90 Å². The Morgan fingerprint density at radius 3 is 2.21 bits per heavy atom. The van der Waals surface area contributed by atoms with Crippen molar-refractivity contribution in [2.24, 2.45) is 0 Å². The molecule has 2 saturated heterocycles. The molecule has 0 saturated carbocycles. The number of carbonyl (C=O) groups excluding carboxylic acids is 1. The number of halogens is 2. The van der Waals surface area contributed by atoms with E-state index >= 15 is 0 Å². The van der Waals surface area contributed by atoms with Crippen molar-refractivity contribution in [2.75, 3.05) is 10.7 Å². The largest absolute Gasteiger partial charge is 0.319 e. The van der Waals surface area contributed by atoms with E-state index in [1.54, 1.807) is 28.8 Å². The summed E-state index contributed by atoms with van der Waals surface area (Å²) in [6.45, 7) is 0. The predicted molar refractivity (Wildman–Crippen MR) is 104 cm³/mol. The molecule has 0 aliphatic carbocycles. The van der Waals surface area contributed by atoms with Crippen molar-refractivity contribution >= 4 is 63.9 Å². The summed E-state index contributed by atoms with van der Waals surface area (Å²) in [5, 5.41) is 1.89. The van der Waals surface area contributed by atoms with E-state index in [2.05, 4.69) is 0 Å². The lowest BCUT2D eigenvalue weighted by molar-refractivity contribution is -0.119.